The quantitative estimate of drug-likeness (QED) is 0.714. The number of hydrogen-bond donors (Lipinski definition) is 1. The van der Waals surface area contributed by atoms with E-state index in [1.54, 1.807) is 7.11 Å². The molecule has 0 saturated carbocycles. The molecule has 0 aromatic heterocycles. The second-order valence-corrected chi connectivity index (χ2v) is 5.85. The molecule has 1 aromatic rings. The van der Waals surface area contributed by atoms with Crippen molar-refractivity contribution in [2.45, 2.75) is 46.1 Å². The normalized spacial score (nSPS) is 12.2. The third-order valence-electron chi connectivity index (χ3n) is 3.48. The van der Waals surface area contributed by atoms with Crippen LogP contribution in [-0.2, 0) is 6.61 Å². The summed E-state index contributed by atoms with van der Waals surface area (Å²) in [6.45, 7) is 5.10. The van der Waals surface area contributed by atoms with Gasteiger partial charge in [0.25, 0.3) is 0 Å². The van der Waals surface area contributed by atoms with Crippen molar-refractivity contribution in [3.05, 3.63) is 22.2 Å². The molecular weight excluding hydrogens is 320 g/mol. The molecule has 0 aliphatic rings. The number of benzene rings is 1. The second kappa shape index (κ2) is 9.24. The SMILES string of the molecule is CCCCC(CC)COc1c(Br)cc(CO)cc1OC. The molecule has 0 aliphatic heterocycles. The van der Waals surface area contributed by atoms with Crippen LogP contribution in [-0.4, -0.2) is 18.8 Å². The Labute approximate surface area is 130 Å². The predicted octanol–water partition coefficient (Wildman–Crippen LogP) is 4.55. The molecule has 0 radical (unpaired) electrons. The van der Waals surface area contributed by atoms with Crippen LogP contribution in [0.5, 0.6) is 11.5 Å². The van der Waals surface area contributed by atoms with Crippen LogP contribution in [0.25, 0.3) is 0 Å². The van der Waals surface area contributed by atoms with E-state index in [9.17, 15) is 5.11 Å². The molecule has 1 unspecified atom stereocenters. The van der Waals surface area contributed by atoms with E-state index >= 15 is 0 Å². The van der Waals surface area contributed by atoms with Gasteiger partial charge < -0.3 is 14.6 Å². The molecule has 1 rings (SSSR count). The summed E-state index contributed by atoms with van der Waals surface area (Å²) in [5.41, 5.74) is 0.805. The first-order valence-electron chi connectivity index (χ1n) is 7.26. The summed E-state index contributed by atoms with van der Waals surface area (Å²) in [5.74, 6) is 1.96. The lowest BCUT2D eigenvalue weighted by Gasteiger charge is -2.18. The van der Waals surface area contributed by atoms with Crippen molar-refractivity contribution in [3.8, 4) is 11.5 Å². The minimum Gasteiger partial charge on any atom is -0.493 e. The van der Waals surface area contributed by atoms with Crippen LogP contribution in [0.1, 0.15) is 45.1 Å². The Hall–Kier alpha value is -0.740. The summed E-state index contributed by atoms with van der Waals surface area (Å²) in [4.78, 5) is 0. The molecule has 1 atom stereocenters. The molecule has 0 aliphatic carbocycles. The van der Waals surface area contributed by atoms with Gasteiger partial charge >= 0.3 is 0 Å². The Kier molecular flexibility index (Phi) is 8.00. The lowest BCUT2D eigenvalue weighted by Crippen LogP contribution is -2.12. The molecule has 0 fully saturated rings. The van der Waals surface area contributed by atoms with Gasteiger partial charge in [0.1, 0.15) is 0 Å². The predicted molar refractivity (Wildman–Crippen MR) is 85.4 cm³/mol. The Balaban J connectivity index is 2.75. The van der Waals surface area contributed by atoms with Gasteiger partial charge in [0.05, 0.1) is 24.8 Å². The summed E-state index contributed by atoms with van der Waals surface area (Å²) in [5, 5.41) is 9.21. The maximum Gasteiger partial charge on any atom is 0.175 e. The Morgan fingerprint density at radius 3 is 2.60 bits per heavy atom. The van der Waals surface area contributed by atoms with E-state index in [4.69, 9.17) is 9.47 Å². The van der Waals surface area contributed by atoms with Crippen LogP contribution in [0.4, 0.5) is 0 Å². The number of rotatable bonds is 9. The van der Waals surface area contributed by atoms with Gasteiger partial charge in [0, 0.05) is 0 Å². The molecule has 0 amide bonds. The maximum absolute atomic E-state index is 9.21. The summed E-state index contributed by atoms with van der Waals surface area (Å²) < 4.78 is 12.1. The van der Waals surface area contributed by atoms with Crippen molar-refractivity contribution in [2.24, 2.45) is 5.92 Å². The maximum atomic E-state index is 9.21. The number of ether oxygens (including phenoxy) is 2. The van der Waals surface area contributed by atoms with Crippen molar-refractivity contribution >= 4 is 15.9 Å². The molecule has 4 heteroatoms. The Morgan fingerprint density at radius 1 is 1.30 bits per heavy atom. The summed E-state index contributed by atoms with van der Waals surface area (Å²) in [7, 11) is 1.62. The van der Waals surface area contributed by atoms with Crippen molar-refractivity contribution < 1.29 is 14.6 Å². The molecule has 1 N–H and O–H groups in total. The van der Waals surface area contributed by atoms with Gasteiger partial charge in [-0.1, -0.05) is 33.1 Å². The monoisotopic (exact) mass is 344 g/mol. The highest BCUT2D eigenvalue weighted by atomic mass is 79.9. The zero-order valence-corrected chi connectivity index (χ0v) is 14.2. The first kappa shape index (κ1) is 17.3. The third kappa shape index (κ3) is 4.98. The summed E-state index contributed by atoms with van der Waals surface area (Å²) >= 11 is 3.49. The fourth-order valence-electron chi connectivity index (χ4n) is 2.10. The average molecular weight is 345 g/mol. The highest BCUT2D eigenvalue weighted by molar-refractivity contribution is 9.10. The third-order valence-corrected chi connectivity index (χ3v) is 4.07. The van der Waals surface area contributed by atoms with Crippen molar-refractivity contribution in [1.29, 1.82) is 0 Å². The number of unbranched alkanes of at least 4 members (excludes halogenated alkanes) is 1. The lowest BCUT2D eigenvalue weighted by molar-refractivity contribution is 0.222. The molecular formula is C16H25BrO3. The molecule has 0 bridgehead atoms. The average Bonchev–Trinajstić information content (AvgIpc) is 2.47. The van der Waals surface area contributed by atoms with Crippen LogP contribution >= 0.6 is 15.9 Å². The van der Waals surface area contributed by atoms with Gasteiger partial charge in [0.15, 0.2) is 11.5 Å². The number of aliphatic hydroxyl groups is 1. The largest absolute Gasteiger partial charge is 0.493 e. The zero-order chi connectivity index (χ0) is 15.0. The smallest absolute Gasteiger partial charge is 0.175 e. The first-order valence-corrected chi connectivity index (χ1v) is 8.05. The Morgan fingerprint density at radius 2 is 2.05 bits per heavy atom. The highest BCUT2D eigenvalue weighted by Crippen LogP contribution is 2.37. The van der Waals surface area contributed by atoms with E-state index in [0.717, 1.165) is 22.2 Å². The van der Waals surface area contributed by atoms with Gasteiger partial charge in [-0.25, -0.2) is 0 Å². The van der Waals surface area contributed by atoms with Crippen LogP contribution in [0.15, 0.2) is 16.6 Å². The second-order valence-electron chi connectivity index (χ2n) is 4.99. The van der Waals surface area contributed by atoms with Crippen molar-refractivity contribution in [2.75, 3.05) is 13.7 Å². The minimum atomic E-state index is -0.0106. The van der Waals surface area contributed by atoms with E-state index in [2.05, 4.69) is 29.8 Å². The van der Waals surface area contributed by atoms with E-state index in [-0.39, 0.29) is 6.61 Å². The first-order chi connectivity index (χ1) is 9.65. The van der Waals surface area contributed by atoms with E-state index in [1.165, 1.54) is 19.3 Å². The van der Waals surface area contributed by atoms with Gasteiger partial charge in [-0.3, -0.25) is 0 Å². The molecule has 0 heterocycles. The summed E-state index contributed by atoms with van der Waals surface area (Å²) in [6.07, 6.45) is 4.77. The molecule has 1 aromatic carbocycles. The fraction of sp³-hybridized carbons (Fsp3) is 0.625. The van der Waals surface area contributed by atoms with Crippen molar-refractivity contribution in [3.63, 3.8) is 0 Å². The number of aliphatic hydroxyl groups excluding tert-OH is 1. The zero-order valence-electron chi connectivity index (χ0n) is 12.6. The van der Waals surface area contributed by atoms with Crippen LogP contribution in [0, 0.1) is 5.92 Å². The van der Waals surface area contributed by atoms with Crippen LogP contribution in [0.2, 0.25) is 0 Å². The Bertz CT molecular complexity index is 407. The molecule has 0 saturated heterocycles. The highest BCUT2D eigenvalue weighted by Gasteiger charge is 2.14. The van der Waals surface area contributed by atoms with E-state index in [1.807, 2.05) is 12.1 Å². The molecule has 0 spiro atoms. The molecule has 3 nitrogen and oxygen atoms in total. The van der Waals surface area contributed by atoms with E-state index < -0.39 is 0 Å². The topological polar surface area (TPSA) is 38.7 Å². The van der Waals surface area contributed by atoms with Crippen LogP contribution < -0.4 is 9.47 Å². The molecule has 114 valence electrons. The number of hydrogen-bond acceptors (Lipinski definition) is 3. The van der Waals surface area contributed by atoms with Gasteiger partial charge in [0.2, 0.25) is 0 Å². The lowest BCUT2D eigenvalue weighted by atomic mass is 10.0. The fourth-order valence-corrected chi connectivity index (χ4v) is 2.71. The van der Waals surface area contributed by atoms with Gasteiger partial charge in [-0.05, 0) is 46.0 Å². The van der Waals surface area contributed by atoms with Gasteiger partial charge in [-0.15, -0.1) is 0 Å². The summed E-state index contributed by atoms with van der Waals surface area (Å²) in [6, 6.07) is 3.68. The molecule has 20 heavy (non-hydrogen) atoms. The standard InChI is InChI=1S/C16H25BrO3/c1-4-6-7-12(5-2)11-20-16-14(17)8-13(10-18)9-15(16)19-3/h8-9,12,18H,4-7,10-11H2,1-3H3. The minimum absolute atomic E-state index is 0.0106. The van der Waals surface area contributed by atoms with Crippen molar-refractivity contribution in [1.82, 2.24) is 0 Å². The number of methoxy groups -OCH3 is 1. The van der Waals surface area contributed by atoms with Crippen LogP contribution in [0.3, 0.4) is 0 Å². The number of halogens is 1. The van der Waals surface area contributed by atoms with Gasteiger partial charge in [-0.2, -0.15) is 0 Å². The van der Waals surface area contributed by atoms with E-state index in [0.29, 0.717) is 18.3 Å².